The van der Waals surface area contributed by atoms with Gasteiger partial charge in [-0.15, -0.1) is 0 Å². The fourth-order valence-corrected chi connectivity index (χ4v) is 23.9. The van der Waals surface area contributed by atoms with E-state index in [0.717, 1.165) is 18.3 Å². The van der Waals surface area contributed by atoms with Gasteiger partial charge in [0.1, 0.15) is 79.8 Å². The average Bonchev–Trinajstić information content (AvgIpc) is 1.63. The number of rotatable bonds is 38. The number of aromatic amines is 5. The van der Waals surface area contributed by atoms with Crippen molar-refractivity contribution in [3.8, 4) is 0 Å². The van der Waals surface area contributed by atoms with Gasteiger partial charge in [-0.05, 0) is 118 Å². The number of hydrogen-bond acceptors (Lipinski definition) is 41. The summed E-state index contributed by atoms with van der Waals surface area (Å²) in [6, 6.07) is 0. The van der Waals surface area contributed by atoms with E-state index in [1.807, 2.05) is 0 Å². The number of nitrogens with two attached hydrogens (primary N) is 3. The molecule has 7 unspecified atom stereocenters. The highest BCUT2D eigenvalue weighted by atomic mass is 32.5. The molecule has 0 aromatic carbocycles. The predicted octanol–water partition coefficient (Wildman–Crippen LogP) is 0.338. The number of ether oxygens (including phenoxy) is 7. The second kappa shape index (κ2) is 40.3. The SMILES string of the molecule is CC[C@H]1O[C@@H](n2cnc3c(=O)[nH]c(N)nc32)C[C@H]1OP(O)(=S)OC[C@H]1O[C@@H](n2cc(C)c(=O)[nH]c2=O)C[C@H]1OP(O)(=S)OC[C@H]1O[C@@H](n2cnc3c(=O)[nH]c(N)nc32)C[C@H]1OP(O)(=S)OC[C@H]1O[C@@H](n2cc(C)c(N)nc2=O)C[C@H]1OP(O)(=S)OC[C@H]1O[C@@H](n2cc(C)c(=O)[nH]c2=O)C[C@H]1OP(O)(=S)OC[C@H]1O[C@@H](n2cc(C)c(=O)[nH]c2=O)C(CCCOC)[C@H]1OP(C)(O)=S. The third kappa shape index (κ3) is 23.6. The quantitative estimate of drug-likeness (QED) is 0.0183. The molecular formula is C66H91N19O33P6S6. The van der Waals surface area contributed by atoms with Gasteiger partial charge in [0, 0.05) is 105 Å². The molecule has 17 N–H and O–H groups in total. The molecular weight excluding hydrogens is 1970 g/mol. The molecule has 0 bridgehead atoms. The molecule has 0 aliphatic carbocycles. The summed E-state index contributed by atoms with van der Waals surface area (Å²) >= 11 is 33.4. The van der Waals surface area contributed by atoms with Crippen molar-refractivity contribution in [1.82, 2.24) is 77.2 Å². The number of anilines is 3. The molecule has 6 aliphatic heterocycles. The van der Waals surface area contributed by atoms with Gasteiger partial charge in [0.25, 0.3) is 27.8 Å². The van der Waals surface area contributed by atoms with Crippen LogP contribution in [0.3, 0.4) is 0 Å². The first-order valence-electron chi connectivity index (χ1n) is 39.6. The number of nitrogens with one attached hydrogen (secondary N) is 5. The van der Waals surface area contributed by atoms with Gasteiger partial charge < -0.3 is 129 Å². The Bertz CT molecular complexity index is 6490. The summed E-state index contributed by atoms with van der Waals surface area (Å²) < 4.78 is 117. The lowest BCUT2D eigenvalue weighted by molar-refractivity contribution is -0.0573. The molecule has 6 fully saturated rings. The first kappa shape index (κ1) is 99.9. The van der Waals surface area contributed by atoms with Gasteiger partial charge in [-0.2, -0.15) is 15.0 Å². The lowest BCUT2D eigenvalue weighted by Crippen LogP contribution is -2.36. The van der Waals surface area contributed by atoms with E-state index < -0.39 is 240 Å². The van der Waals surface area contributed by atoms with Crippen molar-refractivity contribution in [1.29, 1.82) is 0 Å². The summed E-state index contributed by atoms with van der Waals surface area (Å²) in [5, 5.41) is 0. The zero-order chi connectivity index (χ0) is 93.9. The highest BCUT2D eigenvalue weighted by molar-refractivity contribution is 8.09. The highest BCUT2D eigenvalue weighted by Crippen LogP contribution is 2.58. The molecule has 64 heteroatoms. The van der Waals surface area contributed by atoms with Crippen LogP contribution in [-0.4, -0.2) is 233 Å². The normalized spacial score (nSPS) is 29.3. The molecule has 14 heterocycles. The van der Waals surface area contributed by atoms with Crippen molar-refractivity contribution < 1.29 is 112 Å². The zero-order valence-electron chi connectivity index (χ0n) is 69.3. The van der Waals surface area contributed by atoms with Gasteiger partial charge >= 0.3 is 56.4 Å². The molecule has 714 valence electrons. The molecule has 14 rings (SSSR count). The first-order chi connectivity index (χ1) is 61.1. The second-order valence-corrected chi connectivity index (χ2v) is 48.8. The number of methoxy groups -OCH3 is 1. The van der Waals surface area contributed by atoms with E-state index in [4.69, 9.17) is 171 Å². The van der Waals surface area contributed by atoms with E-state index >= 15 is 0 Å². The van der Waals surface area contributed by atoms with Crippen molar-refractivity contribution >= 4 is 151 Å². The lowest BCUT2D eigenvalue weighted by Gasteiger charge is -2.29. The van der Waals surface area contributed by atoms with Crippen LogP contribution in [0.5, 0.6) is 0 Å². The van der Waals surface area contributed by atoms with Crippen LogP contribution in [0.2, 0.25) is 0 Å². The number of nitrogen functional groups attached to an aromatic ring is 3. The van der Waals surface area contributed by atoms with Crippen molar-refractivity contribution in [3.63, 3.8) is 0 Å². The van der Waals surface area contributed by atoms with Gasteiger partial charge in [0.05, 0.1) is 82.3 Å². The van der Waals surface area contributed by atoms with Crippen LogP contribution in [0.1, 0.15) is 118 Å². The van der Waals surface area contributed by atoms with Crippen LogP contribution in [0, 0.1) is 33.6 Å². The van der Waals surface area contributed by atoms with Crippen LogP contribution >= 0.6 is 40.1 Å². The monoisotopic (exact) mass is 2060 g/mol. The Hall–Kier alpha value is -6.04. The van der Waals surface area contributed by atoms with E-state index in [0.29, 0.717) is 18.4 Å². The van der Waals surface area contributed by atoms with Crippen molar-refractivity contribution in [3.05, 3.63) is 153 Å². The van der Waals surface area contributed by atoms with Crippen molar-refractivity contribution in [2.24, 2.45) is 5.92 Å². The molecule has 6 aliphatic rings. The second-order valence-electron chi connectivity index (χ2n) is 31.0. The number of aryl methyl sites for hydroxylation is 4. The summed E-state index contributed by atoms with van der Waals surface area (Å²) in [5.74, 6) is -1.39. The summed E-state index contributed by atoms with van der Waals surface area (Å²) in [6.45, 7) is -21.1. The molecule has 8 aromatic rings. The molecule has 8 aromatic heterocycles. The average molecular weight is 2060 g/mol. The smallest absolute Gasteiger partial charge is 0.351 e. The number of nitrogens with zero attached hydrogens (tertiary/aromatic N) is 11. The molecule has 25 atom stereocenters. The van der Waals surface area contributed by atoms with E-state index in [-0.39, 0.29) is 102 Å². The summed E-state index contributed by atoms with van der Waals surface area (Å²) in [7, 11) is 1.48. The van der Waals surface area contributed by atoms with E-state index in [1.54, 1.807) is 13.8 Å². The molecule has 0 radical (unpaired) electrons. The van der Waals surface area contributed by atoms with Crippen LogP contribution in [-0.2, 0) is 154 Å². The minimum Gasteiger partial charge on any atom is -0.385 e. The number of imidazole rings is 2. The molecule has 0 saturated carbocycles. The Morgan fingerprint density at radius 1 is 0.431 bits per heavy atom. The highest BCUT2D eigenvalue weighted by Gasteiger charge is 2.52. The summed E-state index contributed by atoms with van der Waals surface area (Å²) in [6.07, 6.45) is -15.6. The van der Waals surface area contributed by atoms with Crippen LogP contribution in [0.25, 0.3) is 22.3 Å². The van der Waals surface area contributed by atoms with Crippen molar-refractivity contribution in [2.75, 3.05) is 70.6 Å². The fourth-order valence-electron chi connectivity index (χ4n) is 15.5. The molecule has 52 nitrogen and oxygen atoms in total. The minimum atomic E-state index is -4.73. The number of aromatic nitrogens is 16. The zero-order valence-corrected chi connectivity index (χ0v) is 79.6. The molecule has 6 saturated heterocycles. The Balaban J connectivity index is 0.677. The molecule has 0 amide bonds. The fraction of sp³-hybridized carbons (Fsp3) is 0.606. The summed E-state index contributed by atoms with van der Waals surface area (Å²) in [5.41, 5.74) is 11.3. The minimum absolute atomic E-state index is 0.0162. The maximum absolute atomic E-state index is 13.6. The van der Waals surface area contributed by atoms with Gasteiger partial charge in [0.2, 0.25) is 11.9 Å². The Morgan fingerprint density at radius 3 is 1.13 bits per heavy atom. The van der Waals surface area contributed by atoms with Crippen LogP contribution < -0.4 is 67.8 Å². The van der Waals surface area contributed by atoms with E-state index in [2.05, 4.69) is 49.8 Å². The van der Waals surface area contributed by atoms with E-state index in [1.165, 1.54) is 81.1 Å². The molecule has 0 spiro atoms. The largest absolute Gasteiger partial charge is 0.385 e. The lowest BCUT2D eigenvalue weighted by atomic mass is 9.94. The standard InChI is InChI=1S/C66H91N19O33P6S6/c1-8-33-34(12-47(107-33)84-26-70-49-53(84)73-61(68)75-58(49)89)113-120(96,126)102-21-40-36(14-45(109-40)81-18-29(3)55(86)77-64(81)92)115-122(98,128)105-24-42-38(16-48(111-42)85-27-71-50-54(85)74-62(69)76-59(50)90)117-123(99,129)104-22-39-35(13-44(108-39)80-17-28(2)52(67)72-63(80)91)114-121(97,127)103-23-41-37(15-46(110-41)82-19-30(4)56(87)78-65(82)93)116-124(100,130)106-25-43-51(118-119(7,95)125)32(10-9-11-101-6)60(112-43)83-20-31(5)57(88)79-66(83)94/h17-20,26-27,32-48,51,60H,8-16,21-25H2,1-7H3,(H,95,125)(H,96,126)(H,97,127)(H,98,128)(H,99,129)(H,100,130)(H2,67,72,91)(H,77,86,92)(H,78,87,93)(H,79,88,94)(H3,68,73,75,89)(H3,69,74,76,90)/t32?,33-,34-,35-,36-,37-,38-,39-,40-,41-,42-,43-,44-,45-,46-,47-,48-,51-,60-,119?,120?,121?,122?,123?,124?/m1/s1. The van der Waals surface area contributed by atoms with Crippen LogP contribution in [0.15, 0.2) is 80.6 Å². The Kier molecular flexibility index (Phi) is 31.0. The summed E-state index contributed by atoms with van der Waals surface area (Å²) in [4.78, 5) is 221. The number of fused-ring (bicyclic) bond motifs is 2. The van der Waals surface area contributed by atoms with Crippen molar-refractivity contribution in [2.45, 2.75) is 197 Å². The third-order valence-electron chi connectivity index (χ3n) is 21.7. The maximum atomic E-state index is 13.6. The number of hydrogen-bond donors (Lipinski definition) is 14. The maximum Gasteiger partial charge on any atom is 0.351 e. The number of H-pyrrole nitrogens is 5. The topological polar surface area (TPSA) is 692 Å². The Labute approximate surface area is 762 Å². The third-order valence-corrected chi connectivity index (χ3v) is 30.5. The van der Waals surface area contributed by atoms with Gasteiger partial charge in [0.15, 0.2) is 28.8 Å². The van der Waals surface area contributed by atoms with Gasteiger partial charge in [-0.1, -0.05) is 6.92 Å². The first-order valence-corrected chi connectivity index (χ1v) is 55.6. The van der Waals surface area contributed by atoms with E-state index in [9.17, 15) is 72.5 Å². The van der Waals surface area contributed by atoms with Gasteiger partial charge in [-0.25, -0.2) is 29.1 Å². The molecule has 130 heavy (non-hydrogen) atoms. The Morgan fingerprint density at radius 2 is 0.762 bits per heavy atom. The van der Waals surface area contributed by atoms with Gasteiger partial charge in [-0.3, -0.25) is 76.3 Å². The predicted molar refractivity (Wildman–Crippen MR) is 476 cm³/mol. The van der Waals surface area contributed by atoms with Crippen LogP contribution in [0.4, 0.5) is 17.7 Å².